The molecule has 0 spiro atoms. The van der Waals surface area contributed by atoms with Gasteiger partial charge in [-0.2, -0.15) is 0 Å². The first kappa shape index (κ1) is 33.5. The Labute approximate surface area is 336 Å². The molecule has 0 bridgehead atoms. The molecular weight excluding hydrogens is 705 g/mol. The second-order valence-electron chi connectivity index (χ2n) is 14.6. The molecule has 11 aromatic rings. The molecule has 2 aromatic heterocycles. The van der Waals surface area contributed by atoms with E-state index in [9.17, 15) is 0 Å². The molecule has 0 N–H and O–H groups in total. The maximum Gasteiger partial charge on any atom is 0.235 e. The SMILES string of the molecule is c1ccc(-c2ccc(N(c3ccc(-c4ccccc4)cc3)c3ccc4c5c6ccccc6ccc5n(-c5nc(-c6ccccc6)c6ccccc6n5)c4c3)cc2)cc1. The number of rotatable bonds is 7. The van der Waals surface area contributed by atoms with Crippen LogP contribution >= 0.6 is 0 Å². The summed E-state index contributed by atoms with van der Waals surface area (Å²) in [6, 6.07) is 77.5. The normalized spacial score (nSPS) is 11.4. The average Bonchev–Trinajstić information content (AvgIpc) is 3.64. The summed E-state index contributed by atoms with van der Waals surface area (Å²) in [7, 11) is 0. The zero-order valence-corrected chi connectivity index (χ0v) is 31.6. The first-order valence-electron chi connectivity index (χ1n) is 19.7. The van der Waals surface area contributed by atoms with Crippen LogP contribution in [0.5, 0.6) is 0 Å². The average molecular weight is 741 g/mol. The van der Waals surface area contributed by atoms with E-state index in [0.717, 1.165) is 55.6 Å². The summed E-state index contributed by atoms with van der Waals surface area (Å²) in [4.78, 5) is 13.0. The van der Waals surface area contributed by atoms with E-state index in [1.54, 1.807) is 0 Å². The summed E-state index contributed by atoms with van der Waals surface area (Å²) in [6.07, 6.45) is 0. The van der Waals surface area contributed by atoms with Crippen molar-refractivity contribution in [2.45, 2.75) is 0 Å². The van der Waals surface area contributed by atoms with E-state index >= 15 is 0 Å². The molecule has 0 saturated heterocycles. The minimum atomic E-state index is 0.635. The van der Waals surface area contributed by atoms with E-state index in [-0.39, 0.29) is 0 Å². The Morgan fingerprint density at radius 3 is 1.50 bits per heavy atom. The second-order valence-corrected chi connectivity index (χ2v) is 14.6. The van der Waals surface area contributed by atoms with Gasteiger partial charge in [0.25, 0.3) is 0 Å². The van der Waals surface area contributed by atoms with Crippen molar-refractivity contribution in [3.05, 3.63) is 218 Å². The first-order valence-corrected chi connectivity index (χ1v) is 19.7. The molecule has 4 heteroatoms. The predicted molar refractivity (Wildman–Crippen MR) is 242 cm³/mol. The lowest BCUT2D eigenvalue weighted by atomic mass is 10.0. The fraction of sp³-hybridized carbons (Fsp3) is 0. The van der Waals surface area contributed by atoms with Crippen molar-refractivity contribution in [3.8, 4) is 39.5 Å². The summed E-state index contributed by atoms with van der Waals surface area (Å²) >= 11 is 0. The quantitative estimate of drug-likeness (QED) is 0.163. The minimum Gasteiger partial charge on any atom is -0.310 e. The van der Waals surface area contributed by atoms with E-state index in [1.807, 2.05) is 6.07 Å². The van der Waals surface area contributed by atoms with E-state index in [0.29, 0.717) is 5.95 Å². The highest BCUT2D eigenvalue weighted by molar-refractivity contribution is 6.21. The second kappa shape index (κ2) is 14.0. The van der Waals surface area contributed by atoms with Gasteiger partial charge in [-0.3, -0.25) is 4.57 Å². The van der Waals surface area contributed by atoms with Crippen molar-refractivity contribution in [3.63, 3.8) is 0 Å². The molecule has 0 saturated carbocycles. The zero-order valence-electron chi connectivity index (χ0n) is 31.6. The number of hydrogen-bond acceptors (Lipinski definition) is 3. The summed E-state index contributed by atoms with van der Waals surface area (Å²) in [5.41, 5.74) is 12.8. The fourth-order valence-corrected chi connectivity index (χ4v) is 8.42. The van der Waals surface area contributed by atoms with Crippen molar-refractivity contribution in [2.75, 3.05) is 4.90 Å². The van der Waals surface area contributed by atoms with Crippen LogP contribution in [0.3, 0.4) is 0 Å². The van der Waals surface area contributed by atoms with Gasteiger partial charge in [-0.25, -0.2) is 9.97 Å². The third-order valence-electron chi connectivity index (χ3n) is 11.2. The Bertz CT molecular complexity index is 3160. The largest absolute Gasteiger partial charge is 0.310 e. The molecule has 272 valence electrons. The van der Waals surface area contributed by atoms with Crippen molar-refractivity contribution in [1.82, 2.24) is 14.5 Å². The van der Waals surface area contributed by atoms with Gasteiger partial charge in [0.2, 0.25) is 5.95 Å². The van der Waals surface area contributed by atoms with Gasteiger partial charge in [0.05, 0.1) is 22.2 Å². The van der Waals surface area contributed by atoms with E-state index in [2.05, 4.69) is 222 Å². The van der Waals surface area contributed by atoms with Crippen molar-refractivity contribution in [1.29, 1.82) is 0 Å². The van der Waals surface area contributed by atoms with Crippen LogP contribution in [0.2, 0.25) is 0 Å². The van der Waals surface area contributed by atoms with E-state index < -0.39 is 0 Å². The van der Waals surface area contributed by atoms with Crippen LogP contribution in [0, 0.1) is 0 Å². The van der Waals surface area contributed by atoms with Crippen LogP contribution < -0.4 is 4.90 Å². The zero-order chi connectivity index (χ0) is 38.4. The lowest BCUT2D eigenvalue weighted by molar-refractivity contribution is 1.01. The van der Waals surface area contributed by atoms with Crippen LogP contribution in [0.25, 0.3) is 82.9 Å². The predicted octanol–water partition coefficient (Wildman–Crippen LogP) is 14.4. The smallest absolute Gasteiger partial charge is 0.235 e. The first-order chi connectivity index (χ1) is 28.8. The van der Waals surface area contributed by atoms with Gasteiger partial charge >= 0.3 is 0 Å². The number of fused-ring (bicyclic) bond motifs is 6. The minimum absolute atomic E-state index is 0.635. The Balaban J connectivity index is 1.16. The molecule has 2 heterocycles. The number of benzene rings is 9. The van der Waals surface area contributed by atoms with Gasteiger partial charge in [-0.05, 0) is 81.6 Å². The molecule has 4 nitrogen and oxygen atoms in total. The third-order valence-corrected chi connectivity index (χ3v) is 11.2. The number of hydrogen-bond donors (Lipinski definition) is 0. The third kappa shape index (κ3) is 5.78. The summed E-state index contributed by atoms with van der Waals surface area (Å²) in [5, 5.41) is 5.75. The van der Waals surface area contributed by atoms with Crippen LogP contribution in [0.4, 0.5) is 17.1 Å². The molecule has 0 atom stereocenters. The highest BCUT2D eigenvalue weighted by Crippen LogP contribution is 2.42. The molecule has 0 aliphatic carbocycles. The Morgan fingerprint density at radius 2 is 0.862 bits per heavy atom. The van der Waals surface area contributed by atoms with Crippen LogP contribution in [0.15, 0.2) is 218 Å². The molecule has 0 aliphatic heterocycles. The number of nitrogens with zero attached hydrogens (tertiary/aromatic N) is 4. The number of aromatic nitrogens is 3. The molecule has 11 rings (SSSR count). The van der Waals surface area contributed by atoms with E-state index in [1.165, 1.54) is 38.4 Å². The Morgan fingerprint density at radius 1 is 0.345 bits per heavy atom. The maximum absolute atomic E-state index is 5.40. The van der Waals surface area contributed by atoms with Gasteiger partial charge in [0.15, 0.2) is 0 Å². The van der Waals surface area contributed by atoms with Gasteiger partial charge in [0, 0.05) is 38.8 Å². The summed E-state index contributed by atoms with van der Waals surface area (Å²) < 4.78 is 2.26. The molecule has 0 radical (unpaired) electrons. The molecular formula is C54H36N4. The molecule has 0 fully saturated rings. The van der Waals surface area contributed by atoms with Crippen molar-refractivity contribution >= 4 is 60.5 Å². The highest BCUT2D eigenvalue weighted by atomic mass is 15.2. The van der Waals surface area contributed by atoms with Crippen molar-refractivity contribution < 1.29 is 0 Å². The Hall–Kier alpha value is -7.82. The molecule has 0 amide bonds. The van der Waals surface area contributed by atoms with Gasteiger partial charge in [-0.1, -0.05) is 170 Å². The molecule has 0 aliphatic rings. The fourth-order valence-electron chi connectivity index (χ4n) is 8.42. The van der Waals surface area contributed by atoms with Gasteiger partial charge in [0.1, 0.15) is 0 Å². The van der Waals surface area contributed by atoms with Crippen molar-refractivity contribution in [2.24, 2.45) is 0 Å². The topological polar surface area (TPSA) is 34.0 Å². The molecule has 58 heavy (non-hydrogen) atoms. The molecule has 9 aromatic carbocycles. The van der Waals surface area contributed by atoms with Crippen LogP contribution in [0.1, 0.15) is 0 Å². The number of para-hydroxylation sites is 1. The highest BCUT2D eigenvalue weighted by Gasteiger charge is 2.21. The number of anilines is 3. The summed E-state index contributed by atoms with van der Waals surface area (Å²) in [5.74, 6) is 0.635. The standard InChI is InChI=1S/C54H36N4/c1-4-14-37(15-5-1)39-24-29-43(30-25-39)57(44-31-26-40(27-32-44)38-16-6-2-7-17-38)45-33-34-48-51(36-45)58(50-35-28-41-18-10-11-21-46(41)52(48)50)54-55-49-23-13-12-22-47(49)53(56-54)42-19-8-3-9-20-42/h1-36H. The molecule has 0 unspecified atom stereocenters. The van der Waals surface area contributed by atoms with Crippen LogP contribution in [-0.4, -0.2) is 14.5 Å². The van der Waals surface area contributed by atoms with Crippen LogP contribution in [-0.2, 0) is 0 Å². The summed E-state index contributed by atoms with van der Waals surface area (Å²) in [6.45, 7) is 0. The van der Waals surface area contributed by atoms with E-state index in [4.69, 9.17) is 9.97 Å². The van der Waals surface area contributed by atoms with Gasteiger partial charge < -0.3 is 4.90 Å². The van der Waals surface area contributed by atoms with Gasteiger partial charge in [-0.15, -0.1) is 0 Å². The Kier molecular flexibility index (Phi) is 8.11. The lowest BCUT2D eigenvalue weighted by Gasteiger charge is -2.26. The monoisotopic (exact) mass is 740 g/mol. The lowest BCUT2D eigenvalue weighted by Crippen LogP contribution is -2.10. The maximum atomic E-state index is 5.40.